The fourth-order valence-corrected chi connectivity index (χ4v) is 4.71. The average molecular weight is 440 g/mol. The van der Waals surface area contributed by atoms with Crippen molar-refractivity contribution < 1.29 is 22.8 Å². The fraction of sp³-hybridized carbons (Fsp3) is 0.179. The van der Waals surface area contributed by atoms with E-state index in [0.29, 0.717) is 24.4 Å². The summed E-state index contributed by atoms with van der Waals surface area (Å²) in [5.41, 5.74) is 6.62. The van der Waals surface area contributed by atoms with Crippen LogP contribution >= 0.6 is 0 Å². The molecule has 0 bridgehead atoms. The molecule has 0 atom stereocenters. The van der Waals surface area contributed by atoms with E-state index in [9.17, 15) is 0 Å². The van der Waals surface area contributed by atoms with Crippen molar-refractivity contribution >= 4 is 21.9 Å². The van der Waals surface area contributed by atoms with Gasteiger partial charge in [0, 0.05) is 28.5 Å². The number of ether oxygens (including phenoxy) is 2. The van der Waals surface area contributed by atoms with Gasteiger partial charge in [-0.15, -0.1) is 0 Å². The Bertz CT molecular complexity index is 1500. The van der Waals surface area contributed by atoms with Crippen LogP contribution in [0.15, 0.2) is 77.3 Å². The van der Waals surface area contributed by atoms with Crippen LogP contribution in [0.1, 0.15) is 17.4 Å². The minimum Gasteiger partial charge on any atom is -0.454 e. The van der Waals surface area contributed by atoms with Gasteiger partial charge in [-0.3, -0.25) is 0 Å². The number of pyridine rings is 1. The van der Waals surface area contributed by atoms with Gasteiger partial charge >= 0.3 is 0 Å². The molecule has 2 aromatic heterocycles. The highest BCUT2D eigenvalue weighted by Crippen LogP contribution is 2.41. The molecule has 4 nitrogen and oxygen atoms in total. The molecule has 0 amide bonds. The summed E-state index contributed by atoms with van der Waals surface area (Å²) in [7, 11) is 2.01. The lowest BCUT2D eigenvalue weighted by molar-refractivity contribution is -0.660. The van der Waals surface area contributed by atoms with Gasteiger partial charge in [-0.25, -0.2) is 8.96 Å². The summed E-state index contributed by atoms with van der Waals surface area (Å²) in [4.78, 5) is 0. The van der Waals surface area contributed by atoms with Crippen LogP contribution in [0, 0.1) is 12.7 Å². The van der Waals surface area contributed by atoms with Crippen LogP contribution in [0.2, 0.25) is 0 Å². The highest BCUT2D eigenvalue weighted by molar-refractivity contribution is 6.13. The quantitative estimate of drug-likeness (QED) is 0.312. The van der Waals surface area contributed by atoms with Gasteiger partial charge in [-0.1, -0.05) is 36.4 Å². The fourth-order valence-electron chi connectivity index (χ4n) is 4.71. The zero-order valence-corrected chi connectivity index (χ0v) is 18.5. The van der Waals surface area contributed by atoms with E-state index < -0.39 is 0 Å². The van der Waals surface area contributed by atoms with Crippen molar-refractivity contribution in [1.82, 2.24) is 0 Å². The summed E-state index contributed by atoms with van der Waals surface area (Å²) in [5, 5.41) is 1.87. The maximum atomic E-state index is 15.2. The van der Waals surface area contributed by atoms with Crippen molar-refractivity contribution in [1.29, 1.82) is 0 Å². The Hall–Kier alpha value is -3.54. The molecule has 6 rings (SSSR count). The Morgan fingerprint density at radius 2 is 1.52 bits per heavy atom. The normalized spacial score (nSPS) is 14.5. The van der Waals surface area contributed by atoms with E-state index >= 15 is 4.39 Å². The van der Waals surface area contributed by atoms with Crippen molar-refractivity contribution in [3.63, 3.8) is 0 Å². The predicted octanol–water partition coefficient (Wildman–Crippen LogP) is 6.24. The summed E-state index contributed by atoms with van der Waals surface area (Å²) < 4.78 is 34.9. The SMILES string of the molecule is Cc1ccc2c(oc3c(-c4ccc(C5OCCO5)cc4)c(F)ccc32)c1-c1cccc[n+]1C. The third kappa shape index (κ3) is 3.24. The third-order valence-electron chi connectivity index (χ3n) is 6.37. The van der Waals surface area contributed by atoms with Gasteiger partial charge in [-0.05, 0) is 36.2 Å². The number of nitrogens with zero attached hydrogens (tertiary/aromatic N) is 1. The Morgan fingerprint density at radius 3 is 2.24 bits per heavy atom. The van der Waals surface area contributed by atoms with E-state index in [0.717, 1.165) is 44.3 Å². The van der Waals surface area contributed by atoms with Gasteiger partial charge in [0.2, 0.25) is 5.69 Å². The van der Waals surface area contributed by atoms with E-state index in [1.807, 2.05) is 49.6 Å². The molecule has 1 aliphatic rings. The molecule has 5 aromatic rings. The molecule has 1 fully saturated rings. The second kappa shape index (κ2) is 7.80. The summed E-state index contributed by atoms with van der Waals surface area (Å²) in [6.07, 6.45) is 1.66. The van der Waals surface area contributed by atoms with Crippen molar-refractivity contribution in [3.8, 4) is 22.4 Å². The third-order valence-corrected chi connectivity index (χ3v) is 6.37. The second-order valence-corrected chi connectivity index (χ2v) is 8.43. The first kappa shape index (κ1) is 20.1. The highest BCUT2D eigenvalue weighted by atomic mass is 19.1. The molecule has 0 radical (unpaired) electrons. The molecule has 0 spiro atoms. The molecular formula is C28H23FNO3+. The van der Waals surface area contributed by atoms with Gasteiger partial charge in [0.1, 0.15) is 24.0 Å². The van der Waals surface area contributed by atoms with E-state index in [4.69, 9.17) is 13.9 Å². The van der Waals surface area contributed by atoms with Crippen LogP contribution < -0.4 is 4.57 Å². The van der Waals surface area contributed by atoms with Crippen LogP contribution in [-0.2, 0) is 16.5 Å². The summed E-state index contributed by atoms with van der Waals surface area (Å²) in [6, 6.07) is 21.2. The zero-order chi connectivity index (χ0) is 22.5. The Kier molecular flexibility index (Phi) is 4.75. The predicted molar refractivity (Wildman–Crippen MR) is 125 cm³/mol. The number of benzene rings is 3. The Morgan fingerprint density at radius 1 is 0.818 bits per heavy atom. The van der Waals surface area contributed by atoms with Crippen molar-refractivity contribution in [2.45, 2.75) is 13.2 Å². The summed E-state index contributed by atoms with van der Waals surface area (Å²) >= 11 is 0. The molecule has 1 aliphatic heterocycles. The zero-order valence-electron chi connectivity index (χ0n) is 18.5. The summed E-state index contributed by atoms with van der Waals surface area (Å²) in [6.45, 7) is 3.24. The first-order valence-corrected chi connectivity index (χ1v) is 11.0. The second-order valence-electron chi connectivity index (χ2n) is 8.43. The maximum Gasteiger partial charge on any atom is 0.216 e. The van der Waals surface area contributed by atoms with Gasteiger partial charge in [0.05, 0.1) is 24.3 Å². The smallest absolute Gasteiger partial charge is 0.216 e. The topological polar surface area (TPSA) is 35.5 Å². The van der Waals surface area contributed by atoms with E-state index in [-0.39, 0.29) is 12.1 Å². The number of aromatic nitrogens is 1. The Labute approximate surface area is 190 Å². The maximum absolute atomic E-state index is 15.2. The van der Waals surface area contributed by atoms with Gasteiger partial charge in [0.15, 0.2) is 12.5 Å². The minimum absolute atomic E-state index is 0.314. The lowest BCUT2D eigenvalue weighted by Crippen LogP contribution is -2.30. The van der Waals surface area contributed by atoms with Crippen LogP contribution in [0.5, 0.6) is 0 Å². The van der Waals surface area contributed by atoms with Crippen molar-refractivity contribution in [2.24, 2.45) is 7.05 Å². The van der Waals surface area contributed by atoms with E-state index in [1.165, 1.54) is 6.07 Å². The molecule has 1 saturated heterocycles. The van der Waals surface area contributed by atoms with Crippen LogP contribution in [0.4, 0.5) is 4.39 Å². The Balaban J connectivity index is 1.57. The first-order valence-electron chi connectivity index (χ1n) is 11.0. The van der Waals surface area contributed by atoms with Gasteiger partial charge < -0.3 is 13.9 Å². The molecule has 5 heteroatoms. The molecule has 0 saturated carbocycles. The molecule has 33 heavy (non-hydrogen) atoms. The number of halogens is 1. The molecule has 164 valence electrons. The minimum atomic E-state index is -0.358. The van der Waals surface area contributed by atoms with Gasteiger partial charge in [0.25, 0.3) is 0 Å². The molecule has 0 unspecified atom stereocenters. The summed E-state index contributed by atoms with van der Waals surface area (Å²) in [5.74, 6) is -0.314. The lowest BCUT2D eigenvalue weighted by atomic mass is 9.98. The van der Waals surface area contributed by atoms with Crippen LogP contribution in [0.3, 0.4) is 0 Å². The monoisotopic (exact) mass is 440 g/mol. The average Bonchev–Trinajstić information content (AvgIpc) is 3.48. The standard InChI is InChI=1S/C28H23FNO3/c1-17-6-11-20-21-12-13-22(29)25(18-7-9-19(10-8-18)28-31-15-16-32-28)27(21)33-26(20)24(17)23-5-3-4-14-30(23)2/h3-14,28H,15-16H2,1-2H3/q+1. The largest absolute Gasteiger partial charge is 0.454 e. The number of rotatable bonds is 3. The number of fused-ring (bicyclic) bond motifs is 3. The number of furan rings is 1. The van der Waals surface area contributed by atoms with Gasteiger partial charge in [-0.2, -0.15) is 0 Å². The molecule has 3 heterocycles. The highest BCUT2D eigenvalue weighted by Gasteiger charge is 2.23. The van der Waals surface area contributed by atoms with Crippen LogP contribution in [-0.4, -0.2) is 13.2 Å². The van der Waals surface area contributed by atoms with E-state index in [2.05, 4.69) is 29.7 Å². The molecule has 3 aromatic carbocycles. The molecule has 0 N–H and O–H groups in total. The number of hydrogen-bond donors (Lipinski definition) is 0. The first-order chi connectivity index (χ1) is 16.1. The number of hydrogen-bond acceptors (Lipinski definition) is 3. The molecular weight excluding hydrogens is 417 g/mol. The van der Waals surface area contributed by atoms with Crippen molar-refractivity contribution in [2.75, 3.05) is 13.2 Å². The number of aryl methyl sites for hydroxylation is 2. The van der Waals surface area contributed by atoms with E-state index in [1.54, 1.807) is 6.07 Å². The molecule has 0 aliphatic carbocycles. The van der Waals surface area contributed by atoms with Crippen molar-refractivity contribution in [3.05, 3.63) is 89.9 Å². The van der Waals surface area contributed by atoms with Crippen LogP contribution in [0.25, 0.3) is 44.3 Å². The lowest BCUT2D eigenvalue weighted by Gasteiger charge is -2.10.